The molecule has 0 aliphatic carbocycles. The van der Waals surface area contributed by atoms with E-state index in [1.807, 2.05) is 11.0 Å². The molecule has 0 radical (unpaired) electrons. The maximum Gasteiger partial charge on any atom is 0.194 e. The van der Waals surface area contributed by atoms with Crippen LogP contribution in [0.3, 0.4) is 0 Å². The molecule has 1 aliphatic heterocycles. The Bertz CT molecular complexity index is 829. The summed E-state index contributed by atoms with van der Waals surface area (Å²) < 4.78 is 40.8. The molecule has 0 amide bonds. The number of nitrogens with zero attached hydrogens (tertiary/aromatic N) is 2. The van der Waals surface area contributed by atoms with E-state index in [1.165, 1.54) is 6.07 Å². The Balaban J connectivity index is 1.97. The first-order valence-corrected chi connectivity index (χ1v) is 8.18. The van der Waals surface area contributed by atoms with Gasteiger partial charge in [-0.25, -0.2) is 13.2 Å². The summed E-state index contributed by atoms with van der Waals surface area (Å²) in [6, 6.07) is 9.16. The van der Waals surface area contributed by atoms with Crippen LogP contribution in [0.2, 0.25) is 5.02 Å². The van der Waals surface area contributed by atoms with Crippen LogP contribution >= 0.6 is 11.6 Å². The van der Waals surface area contributed by atoms with Gasteiger partial charge in [0.1, 0.15) is 6.07 Å². The van der Waals surface area contributed by atoms with Gasteiger partial charge in [0.15, 0.2) is 17.5 Å². The van der Waals surface area contributed by atoms with Gasteiger partial charge in [0, 0.05) is 30.4 Å². The zero-order valence-electron chi connectivity index (χ0n) is 13.2. The van der Waals surface area contributed by atoms with Crippen molar-refractivity contribution in [1.82, 2.24) is 5.32 Å². The number of benzene rings is 2. The summed E-state index contributed by atoms with van der Waals surface area (Å²) in [5, 5.41) is 12.5. The van der Waals surface area contributed by atoms with Gasteiger partial charge >= 0.3 is 0 Å². The minimum atomic E-state index is -1.47. The molecule has 3 nitrogen and oxygen atoms in total. The molecule has 0 bridgehead atoms. The van der Waals surface area contributed by atoms with Crippen molar-refractivity contribution in [2.24, 2.45) is 0 Å². The third kappa shape index (κ3) is 3.58. The fourth-order valence-corrected chi connectivity index (χ4v) is 3.20. The SMILES string of the molecule is N#Cc1ccc(N(Cc2ccc(F)c(F)c2F)C2CCNC2)cc1Cl. The van der Waals surface area contributed by atoms with Gasteiger partial charge in [-0.2, -0.15) is 5.26 Å². The molecule has 2 aromatic rings. The lowest BCUT2D eigenvalue weighted by Crippen LogP contribution is -2.36. The zero-order chi connectivity index (χ0) is 18.0. The summed E-state index contributed by atoms with van der Waals surface area (Å²) in [6.45, 7) is 1.56. The van der Waals surface area contributed by atoms with Crippen molar-refractivity contribution in [3.05, 3.63) is 63.9 Å². The van der Waals surface area contributed by atoms with Crippen LogP contribution in [0.5, 0.6) is 0 Å². The fraction of sp³-hybridized carbons (Fsp3) is 0.278. The van der Waals surface area contributed by atoms with Crippen LogP contribution in [0.25, 0.3) is 0 Å². The lowest BCUT2D eigenvalue weighted by Gasteiger charge is -2.31. The average Bonchev–Trinajstić information content (AvgIpc) is 3.13. The lowest BCUT2D eigenvalue weighted by atomic mass is 10.1. The van der Waals surface area contributed by atoms with Crippen LogP contribution < -0.4 is 10.2 Å². The molecule has 25 heavy (non-hydrogen) atoms. The largest absolute Gasteiger partial charge is 0.363 e. The number of halogens is 4. The second-order valence-corrected chi connectivity index (χ2v) is 6.29. The van der Waals surface area contributed by atoms with Gasteiger partial charge in [0.05, 0.1) is 10.6 Å². The highest BCUT2D eigenvalue weighted by Gasteiger charge is 2.25. The van der Waals surface area contributed by atoms with E-state index in [-0.39, 0.29) is 18.2 Å². The molecule has 0 saturated carbocycles. The van der Waals surface area contributed by atoms with Crippen molar-refractivity contribution in [2.45, 2.75) is 19.0 Å². The number of nitrogens with one attached hydrogen (secondary N) is 1. The van der Waals surface area contributed by atoms with Gasteiger partial charge in [-0.05, 0) is 37.2 Å². The summed E-state index contributed by atoms with van der Waals surface area (Å²) in [5.74, 6) is -3.87. The molecule has 1 aliphatic rings. The highest BCUT2D eigenvalue weighted by molar-refractivity contribution is 6.32. The van der Waals surface area contributed by atoms with E-state index < -0.39 is 17.5 Å². The molecule has 1 fully saturated rings. The number of hydrogen-bond acceptors (Lipinski definition) is 3. The second-order valence-electron chi connectivity index (χ2n) is 5.88. The molecule has 1 unspecified atom stereocenters. The Morgan fingerprint density at radius 3 is 2.64 bits per heavy atom. The smallest absolute Gasteiger partial charge is 0.194 e. The van der Waals surface area contributed by atoms with Crippen molar-refractivity contribution < 1.29 is 13.2 Å². The number of rotatable bonds is 4. The van der Waals surface area contributed by atoms with E-state index >= 15 is 0 Å². The van der Waals surface area contributed by atoms with Crippen LogP contribution in [0, 0.1) is 28.8 Å². The molecule has 1 saturated heterocycles. The predicted octanol–water partition coefficient (Wildman–Crippen LogP) is 4.00. The summed E-state index contributed by atoms with van der Waals surface area (Å²) in [6.07, 6.45) is 0.822. The van der Waals surface area contributed by atoms with Gasteiger partial charge in [-0.3, -0.25) is 0 Å². The highest BCUT2D eigenvalue weighted by Crippen LogP contribution is 2.29. The van der Waals surface area contributed by atoms with E-state index in [1.54, 1.807) is 18.2 Å². The Morgan fingerprint density at radius 1 is 1.20 bits per heavy atom. The van der Waals surface area contributed by atoms with E-state index in [0.717, 1.165) is 19.0 Å². The van der Waals surface area contributed by atoms with Crippen molar-refractivity contribution in [1.29, 1.82) is 5.26 Å². The highest BCUT2D eigenvalue weighted by atomic mass is 35.5. The summed E-state index contributed by atoms with van der Waals surface area (Å²) >= 11 is 6.11. The molecule has 2 aromatic carbocycles. The Hall–Kier alpha value is -2.23. The monoisotopic (exact) mass is 365 g/mol. The lowest BCUT2D eigenvalue weighted by molar-refractivity contribution is 0.439. The van der Waals surface area contributed by atoms with Gasteiger partial charge in [-0.15, -0.1) is 0 Å². The molecule has 0 spiro atoms. The Labute approximate surface area is 148 Å². The van der Waals surface area contributed by atoms with Gasteiger partial charge in [0.25, 0.3) is 0 Å². The fourth-order valence-electron chi connectivity index (χ4n) is 2.98. The van der Waals surface area contributed by atoms with Gasteiger partial charge in [0.2, 0.25) is 0 Å². The maximum atomic E-state index is 14.1. The number of nitriles is 1. The van der Waals surface area contributed by atoms with Crippen molar-refractivity contribution in [3.8, 4) is 6.07 Å². The maximum absolute atomic E-state index is 14.1. The molecular weight excluding hydrogens is 351 g/mol. The molecule has 7 heteroatoms. The van der Waals surface area contributed by atoms with E-state index in [2.05, 4.69) is 5.32 Å². The zero-order valence-corrected chi connectivity index (χ0v) is 14.0. The van der Waals surface area contributed by atoms with Crippen LogP contribution in [-0.2, 0) is 6.54 Å². The molecule has 1 heterocycles. The molecule has 130 valence electrons. The summed E-state index contributed by atoms with van der Waals surface area (Å²) in [5.41, 5.74) is 1.10. The standard InChI is InChI=1S/C18H15ClF3N3/c19-15-7-13(3-1-11(15)8-23)25(14-5-6-24-9-14)10-12-2-4-16(20)18(22)17(12)21/h1-4,7,14,24H,5-6,9-10H2. The van der Waals surface area contributed by atoms with Crippen LogP contribution in [-0.4, -0.2) is 19.1 Å². The Kier molecular flexibility index (Phi) is 5.16. The van der Waals surface area contributed by atoms with Crippen molar-refractivity contribution in [2.75, 3.05) is 18.0 Å². The number of hydrogen-bond donors (Lipinski definition) is 1. The van der Waals surface area contributed by atoms with E-state index in [0.29, 0.717) is 22.8 Å². The first-order valence-electron chi connectivity index (χ1n) is 7.80. The summed E-state index contributed by atoms with van der Waals surface area (Å²) in [7, 11) is 0. The van der Waals surface area contributed by atoms with Crippen LogP contribution in [0.1, 0.15) is 17.5 Å². The van der Waals surface area contributed by atoms with Gasteiger partial charge in [-0.1, -0.05) is 17.7 Å². The summed E-state index contributed by atoms with van der Waals surface area (Å²) in [4.78, 5) is 1.89. The quantitative estimate of drug-likeness (QED) is 0.832. The molecule has 0 aromatic heterocycles. The predicted molar refractivity (Wildman–Crippen MR) is 89.9 cm³/mol. The molecule has 3 rings (SSSR count). The molecule has 1 atom stereocenters. The first-order chi connectivity index (χ1) is 12.0. The third-order valence-electron chi connectivity index (χ3n) is 4.34. The number of anilines is 1. The van der Waals surface area contributed by atoms with Crippen LogP contribution in [0.4, 0.5) is 18.9 Å². The first kappa shape index (κ1) is 17.6. The van der Waals surface area contributed by atoms with E-state index in [9.17, 15) is 13.2 Å². The van der Waals surface area contributed by atoms with Crippen molar-refractivity contribution in [3.63, 3.8) is 0 Å². The third-order valence-corrected chi connectivity index (χ3v) is 4.65. The van der Waals surface area contributed by atoms with Crippen LogP contribution in [0.15, 0.2) is 30.3 Å². The minimum Gasteiger partial charge on any atom is -0.363 e. The van der Waals surface area contributed by atoms with Gasteiger partial charge < -0.3 is 10.2 Å². The topological polar surface area (TPSA) is 39.1 Å². The molecular formula is C18H15ClF3N3. The normalized spacial score (nSPS) is 16.7. The Morgan fingerprint density at radius 2 is 2.00 bits per heavy atom. The second kappa shape index (κ2) is 7.34. The minimum absolute atomic E-state index is 0.0523. The van der Waals surface area contributed by atoms with E-state index in [4.69, 9.17) is 16.9 Å². The molecule has 1 N–H and O–H groups in total. The average molecular weight is 366 g/mol. The van der Waals surface area contributed by atoms with Crippen molar-refractivity contribution >= 4 is 17.3 Å².